The monoisotopic (exact) mass is 457 g/mol. The van der Waals surface area contributed by atoms with Crippen LogP contribution in [0.2, 0.25) is 0 Å². The summed E-state index contributed by atoms with van der Waals surface area (Å²) in [7, 11) is -3.14. The van der Waals surface area contributed by atoms with Crippen LogP contribution in [0.15, 0.2) is 64.6 Å². The van der Waals surface area contributed by atoms with Crippen LogP contribution in [0.25, 0.3) is 0 Å². The van der Waals surface area contributed by atoms with E-state index in [2.05, 4.69) is 4.98 Å². The number of nitrogen functional groups attached to an aromatic ring is 1. The fourth-order valence-corrected chi connectivity index (χ4v) is 4.83. The molecule has 0 radical (unpaired) electrons. The zero-order chi connectivity index (χ0) is 23.5. The van der Waals surface area contributed by atoms with E-state index in [-0.39, 0.29) is 22.6 Å². The molecule has 10 nitrogen and oxygen atoms in total. The van der Waals surface area contributed by atoms with Gasteiger partial charge < -0.3 is 15.6 Å². The van der Waals surface area contributed by atoms with Crippen molar-refractivity contribution >= 4 is 27.4 Å². The summed E-state index contributed by atoms with van der Waals surface area (Å²) in [5.41, 5.74) is 6.71. The summed E-state index contributed by atoms with van der Waals surface area (Å²) in [5, 5.41) is 19.0. The number of carboxylic acids is 1. The van der Waals surface area contributed by atoms with E-state index in [1.54, 1.807) is 18.3 Å². The highest BCUT2D eigenvalue weighted by atomic mass is 32.2. The molecular weight excluding hydrogens is 438 g/mol. The maximum atomic E-state index is 13.4. The second-order valence-corrected chi connectivity index (χ2v) is 8.55. The molecule has 0 spiro atoms. The number of anilines is 1. The molecule has 0 aliphatic carbocycles. The van der Waals surface area contributed by atoms with Gasteiger partial charge in [0.25, 0.3) is 5.91 Å². The average Bonchev–Trinajstić information content (AvgIpc) is 2.80. The van der Waals surface area contributed by atoms with Crippen molar-refractivity contribution in [2.75, 3.05) is 12.8 Å². The molecule has 11 heteroatoms. The molecule has 1 heterocycles. The maximum absolute atomic E-state index is 13.4. The Bertz CT molecular complexity index is 1270. The Morgan fingerprint density at radius 3 is 2.41 bits per heavy atom. The third-order valence-corrected chi connectivity index (χ3v) is 6.57. The molecule has 0 atom stereocenters. The zero-order valence-corrected chi connectivity index (χ0v) is 17.6. The highest BCUT2D eigenvalue weighted by Gasteiger charge is 2.34. The largest absolute Gasteiger partial charge is 0.497 e. The van der Waals surface area contributed by atoms with E-state index in [0.29, 0.717) is 11.3 Å². The van der Waals surface area contributed by atoms with Gasteiger partial charge in [0.2, 0.25) is 9.84 Å². The molecule has 32 heavy (non-hydrogen) atoms. The van der Waals surface area contributed by atoms with Gasteiger partial charge in [0.15, 0.2) is 0 Å². The standard InChI is InChI=1S/C21H19N3O7S/c1-31-14-4-6-15(7-5-14)32(29,30)19-16(21(26)27)10-13(9-12-3-2-8-23-11-12)18(22)17(19)20(25)24-28/h2-8,10-11,28H,9,22H2,1H3,(H,24,25)(H,26,27). The number of carbonyl (C=O) groups is 2. The molecule has 0 fully saturated rings. The van der Waals surface area contributed by atoms with E-state index in [1.165, 1.54) is 43.1 Å². The highest BCUT2D eigenvalue weighted by molar-refractivity contribution is 7.91. The number of sulfone groups is 1. The summed E-state index contributed by atoms with van der Waals surface area (Å²) in [6.07, 6.45) is 3.15. The van der Waals surface area contributed by atoms with Gasteiger partial charge in [0, 0.05) is 24.5 Å². The quantitative estimate of drug-likeness (QED) is 0.235. The third-order valence-electron chi connectivity index (χ3n) is 4.72. The smallest absolute Gasteiger partial charge is 0.337 e. The predicted molar refractivity (Wildman–Crippen MR) is 113 cm³/mol. The van der Waals surface area contributed by atoms with Gasteiger partial charge in [-0.05, 0) is 47.5 Å². The van der Waals surface area contributed by atoms with Gasteiger partial charge in [-0.1, -0.05) is 6.07 Å². The van der Waals surface area contributed by atoms with Gasteiger partial charge in [-0.2, -0.15) is 0 Å². The SMILES string of the molecule is COc1ccc(S(=O)(=O)c2c(C(=O)O)cc(Cc3cccnc3)c(N)c2C(=O)NO)cc1. The van der Waals surface area contributed by atoms with Crippen molar-refractivity contribution in [2.45, 2.75) is 16.2 Å². The average molecular weight is 457 g/mol. The van der Waals surface area contributed by atoms with Crippen LogP contribution in [0.1, 0.15) is 31.8 Å². The fourth-order valence-electron chi connectivity index (χ4n) is 3.20. The minimum absolute atomic E-state index is 0.0779. The number of hydrogen-bond acceptors (Lipinski definition) is 8. The lowest BCUT2D eigenvalue weighted by Crippen LogP contribution is -2.26. The Morgan fingerprint density at radius 2 is 1.88 bits per heavy atom. The summed E-state index contributed by atoms with van der Waals surface area (Å²) in [5.74, 6) is -2.47. The summed E-state index contributed by atoms with van der Waals surface area (Å²) in [6, 6.07) is 9.64. The second-order valence-electron chi connectivity index (χ2n) is 6.66. The first-order chi connectivity index (χ1) is 15.2. The Hall–Kier alpha value is -3.96. The van der Waals surface area contributed by atoms with Crippen LogP contribution < -0.4 is 16.0 Å². The Kier molecular flexibility index (Phi) is 6.42. The van der Waals surface area contributed by atoms with Gasteiger partial charge in [-0.15, -0.1) is 0 Å². The third kappa shape index (κ3) is 4.24. The van der Waals surface area contributed by atoms with Crippen LogP contribution in [0, 0.1) is 0 Å². The number of hydrogen-bond donors (Lipinski definition) is 4. The van der Waals surface area contributed by atoms with Crippen molar-refractivity contribution < 1.29 is 33.1 Å². The number of nitrogens with two attached hydrogens (primary N) is 1. The minimum Gasteiger partial charge on any atom is -0.497 e. The van der Waals surface area contributed by atoms with E-state index in [4.69, 9.17) is 10.5 Å². The number of benzene rings is 2. The lowest BCUT2D eigenvalue weighted by Gasteiger charge is -2.18. The molecule has 0 saturated carbocycles. The van der Waals surface area contributed by atoms with Gasteiger partial charge in [0.1, 0.15) is 10.6 Å². The summed E-state index contributed by atoms with van der Waals surface area (Å²) in [4.78, 5) is 27.4. The molecule has 1 amide bonds. The fraction of sp³-hybridized carbons (Fsp3) is 0.0952. The number of aromatic carboxylic acids is 1. The molecule has 0 aliphatic heterocycles. The number of pyridine rings is 1. The van der Waals surface area contributed by atoms with Crippen LogP contribution in [0.3, 0.4) is 0 Å². The van der Waals surface area contributed by atoms with Crippen LogP contribution in [0.5, 0.6) is 5.75 Å². The van der Waals surface area contributed by atoms with Crippen LogP contribution in [0.4, 0.5) is 5.69 Å². The number of nitrogens with zero attached hydrogens (tertiary/aromatic N) is 1. The van der Waals surface area contributed by atoms with Crippen molar-refractivity contribution in [1.82, 2.24) is 10.5 Å². The number of rotatable bonds is 7. The number of aromatic nitrogens is 1. The van der Waals surface area contributed by atoms with Crippen molar-refractivity contribution in [2.24, 2.45) is 0 Å². The van der Waals surface area contributed by atoms with E-state index in [9.17, 15) is 28.3 Å². The molecule has 3 rings (SSSR count). The molecule has 1 aromatic heterocycles. The van der Waals surface area contributed by atoms with Gasteiger partial charge in [-0.3, -0.25) is 15.0 Å². The summed E-state index contributed by atoms with van der Waals surface area (Å²) in [6.45, 7) is 0. The van der Waals surface area contributed by atoms with Crippen molar-refractivity contribution in [3.63, 3.8) is 0 Å². The van der Waals surface area contributed by atoms with Crippen LogP contribution >= 0.6 is 0 Å². The van der Waals surface area contributed by atoms with Crippen molar-refractivity contribution in [3.8, 4) is 5.75 Å². The van der Waals surface area contributed by atoms with E-state index >= 15 is 0 Å². The topological polar surface area (TPSA) is 169 Å². The van der Waals surface area contributed by atoms with Gasteiger partial charge >= 0.3 is 5.97 Å². The molecule has 0 bridgehead atoms. The first kappa shape index (κ1) is 22.7. The lowest BCUT2D eigenvalue weighted by atomic mass is 9.97. The number of carboxylic acid groups (broad SMARTS) is 1. The molecule has 166 valence electrons. The first-order valence-electron chi connectivity index (χ1n) is 9.11. The number of methoxy groups -OCH3 is 1. The van der Waals surface area contributed by atoms with E-state index < -0.39 is 37.7 Å². The number of ether oxygens (including phenoxy) is 1. The highest BCUT2D eigenvalue weighted by Crippen LogP contribution is 2.35. The summed E-state index contributed by atoms with van der Waals surface area (Å²) >= 11 is 0. The number of nitrogens with one attached hydrogen (secondary N) is 1. The Balaban J connectivity index is 2.31. The Morgan fingerprint density at radius 1 is 1.19 bits per heavy atom. The summed E-state index contributed by atoms with van der Waals surface area (Å²) < 4.78 is 31.8. The molecule has 2 aromatic carbocycles. The molecule has 5 N–H and O–H groups in total. The number of amides is 1. The normalized spacial score (nSPS) is 11.1. The molecule has 0 saturated heterocycles. The van der Waals surface area contributed by atoms with E-state index in [1.807, 2.05) is 0 Å². The van der Waals surface area contributed by atoms with Gasteiger partial charge in [0.05, 0.1) is 23.1 Å². The lowest BCUT2D eigenvalue weighted by molar-refractivity contribution is 0.0689. The van der Waals surface area contributed by atoms with Crippen LogP contribution in [-0.4, -0.2) is 42.7 Å². The predicted octanol–water partition coefficient (Wildman–Crippen LogP) is 1.91. The first-order valence-corrected chi connectivity index (χ1v) is 10.6. The molecular formula is C21H19N3O7S. The van der Waals surface area contributed by atoms with Gasteiger partial charge in [-0.25, -0.2) is 18.7 Å². The van der Waals surface area contributed by atoms with Crippen molar-refractivity contribution in [3.05, 3.63) is 77.1 Å². The maximum Gasteiger partial charge on any atom is 0.337 e. The number of carbonyl (C=O) groups excluding carboxylic acids is 1. The molecule has 0 unspecified atom stereocenters. The van der Waals surface area contributed by atoms with E-state index in [0.717, 1.165) is 6.07 Å². The molecule has 0 aliphatic rings. The zero-order valence-electron chi connectivity index (χ0n) is 16.8. The minimum atomic E-state index is -4.54. The van der Waals surface area contributed by atoms with Crippen molar-refractivity contribution in [1.29, 1.82) is 0 Å². The Labute approximate surface area is 183 Å². The second kappa shape index (κ2) is 9.04. The molecule has 3 aromatic rings. The van der Waals surface area contributed by atoms with Crippen LogP contribution in [-0.2, 0) is 16.3 Å². The number of hydroxylamine groups is 1.